The normalized spacial score (nSPS) is 12.1. The molecule has 0 radical (unpaired) electrons. The van der Waals surface area contributed by atoms with Gasteiger partial charge < -0.3 is 0 Å². The Bertz CT molecular complexity index is 186. The molecule has 0 aromatic rings. The molecule has 0 rings (SSSR count). The summed E-state index contributed by atoms with van der Waals surface area (Å²) >= 11 is 2.19. The van der Waals surface area contributed by atoms with E-state index in [4.69, 9.17) is 10.2 Å². The van der Waals surface area contributed by atoms with Gasteiger partial charge >= 0.3 is 64.6 Å². The van der Waals surface area contributed by atoms with Crippen LogP contribution in [0.3, 0.4) is 0 Å². The monoisotopic (exact) mass is 210 g/mol. The summed E-state index contributed by atoms with van der Waals surface area (Å²) in [4.78, 5) is 20.3. The van der Waals surface area contributed by atoms with Crippen molar-refractivity contribution in [2.24, 2.45) is 5.92 Å². The molecule has 4 nitrogen and oxygen atoms in total. The van der Waals surface area contributed by atoms with E-state index < -0.39 is 17.9 Å². The molecule has 0 aromatic carbocycles. The van der Waals surface area contributed by atoms with Crippen LogP contribution >= 0.6 is 0 Å². The van der Waals surface area contributed by atoms with Crippen molar-refractivity contribution < 1.29 is 19.8 Å². The van der Waals surface area contributed by atoms with Crippen LogP contribution in [0, 0.1) is 5.92 Å². The maximum absolute atomic E-state index is 10.1. The Hall–Kier alpha value is -0.671. The minimum atomic E-state index is -1.21. The summed E-state index contributed by atoms with van der Waals surface area (Å²) in [6.07, 6.45) is 0. The van der Waals surface area contributed by atoms with Crippen molar-refractivity contribution in [1.29, 1.82) is 0 Å². The van der Waals surface area contributed by atoms with Gasteiger partial charge in [-0.25, -0.2) is 0 Å². The predicted octanol–water partition coefficient (Wildman–Crippen LogP) is -0.867. The van der Waals surface area contributed by atoms with Crippen molar-refractivity contribution in [3.8, 4) is 0 Å². The summed E-state index contributed by atoms with van der Waals surface area (Å²) in [5.74, 6) is -3.32. The standard InChI is InChI=1S/C5H6O4Se/c1-2(4(6)7)3(10)5(8)9/h2H,1H3,(H,6,7)(H,8,9). The molecule has 0 bridgehead atoms. The Labute approximate surface area is 65.2 Å². The van der Waals surface area contributed by atoms with Crippen LogP contribution in [0.25, 0.3) is 0 Å². The van der Waals surface area contributed by atoms with E-state index in [2.05, 4.69) is 15.6 Å². The molecule has 0 spiro atoms. The number of carbonyl (C=O) groups is 2. The number of carboxylic acid groups (broad SMARTS) is 2. The van der Waals surface area contributed by atoms with Crippen LogP contribution in [0.1, 0.15) is 6.92 Å². The molecular weight excluding hydrogens is 203 g/mol. The van der Waals surface area contributed by atoms with Gasteiger partial charge in [-0.05, 0) is 0 Å². The van der Waals surface area contributed by atoms with Crippen LogP contribution < -0.4 is 0 Å². The molecule has 0 fully saturated rings. The summed E-state index contributed by atoms with van der Waals surface area (Å²) < 4.78 is -0.174. The molecule has 56 valence electrons. The molecule has 0 heterocycles. The number of carboxylic acids is 2. The second-order valence-electron chi connectivity index (χ2n) is 1.73. The summed E-state index contributed by atoms with van der Waals surface area (Å²) in [6.45, 7) is 1.31. The summed E-state index contributed by atoms with van der Waals surface area (Å²) in [5.41, 5.74) is 0. The molecule has 0 aliphatic carbocycles. The van der Waals surface area contributed by atoms with E-state index in [9.17, 15) is 9.59 Å². The molecule has 0 saturated carbocycles. The summed E-state index contributed by atoms with van der Waals surface area (Å²) in [5, 5.41) is 16.6. The summed E-state index contributed by atoms with van der Waals surface area (Å²) in [6, 6.07) is 0. The molecule has 5 heteroatoms. The van der Waals surface area contributed by atoms with Gasteiger partial charge in [0.25, 0.3) is 0 Å². The quantitative estimate of drug-likeness (QED) is 0.592. The Morgan fingerprint density at radius 2 is 1.80 bits per heavy atom. The van der Waals surface area contributed by atoms with E-state index in [-0.39, 0.29) is 4.42 Å². The number of rotatable bonds is 3. The first-order valence-corrected chi connectivity index (χ1v) is 3.32. The van der Waals surface area contributed by atoms with E-state index in [0.29, 0.717) is 0 Å². The van der Waals surface area contributed by atoms with Crippen molar-refractivity contribution in [1.82, 2.24) is 0 Å². The second-order valence-corrected chi connectivity index (χ2v) is 2.65. The first-order valence-electron chi connectivity index (χ1n) is 2.46. The van der Waals surface area contributed by atoms with Crippen LogP contribution in [0.2, 0.25) is 0 Å². The van der Waals surface area contributed by atoms with Crippen LogP contribution in [-0.2, 0) is 9.59 Å². The van der Waals surface area contributed by atoms with Gasteiger partial charge in [-0.15, -0.1) is 0 Å². The van der Waals surface area contributed by atoms with Crippen LogP contribution in [0.15, 0.2) is 0 Å². The van der Waals surface area contributed by atoms with E-state index in [1.807, 2.05) is 0 Å². The third-order valence-corrected chi connectivity index (χ3v) is 2.08. The number of hydrogen-bond donors (Lipinski definition) is 2. The van der Waals surface area contributed by atoms with Gasteiger partial charge in [0.15, 0.2) is 0 Å². The van der Waals surface area contributed by atoms with Gasteiger partial charge in [0.2, 0.25) is 0 Å². The molecule has 0 amide bonds. The zero-order valence-corrected chi connectivity index (χ0v) is 6.91. The molecule has 0 aliphatic heterocycles. The zero-order chi connectivity index (χ0) is 8.31. The molecule has 10 heavy (non-hydrogen) atoms. The average molecular weight is 209 g/mol. The van der Waals surface area contributed by atoms with E-state index >= 15 is 0 Å². The fourth-order valence-electron chi connectivity index (χ4n) is 0.297. The van der Waals surface area contributed by atoms with Crippen molar-refractivity contribution in [2.75, 3.05) is 0 Å². The number of hydrogen-bond acceptors (Lipinski definition) is 2. The van der Waals surface area contributed by atoms with Crippen molar-refractivity contribution in [2.45, 2.75) is 6.92 Å². The molecule has 0 saturated heterocycles. The van der Waals surface area contributed by atoms with Crippen LogP contribution in [-0.4, -0.2) is 42.1 Å². The minimum absolute atomic E-state index is 0.174. The topological polar surface area (TPSA) is 74.6 Å². The third kappa shape index (κ3) is 2.29. The Balaban J connectivity index is 4.22. The van der Waals surface area contributed by atoms with Gasteiger partial charge in [0.1, 0.15) is 0 Å². The zero-order valence-electron chi connectivity index (χ0n) is 5.20. The van der Waals surface area contributed by atoms with Crippen LogP contribution in [0.5, 0.6) is 0 Å². The second kappa shape index (κ2) is 3.49. The van der Waals surface area contributed by atoms with E-state index in [1.165, 1.54) is 6.92 Å². The van der Waals surface area contributed by atoms with E-state index in [1.54, 1.807) is 0 Å². The fourth-order valence-corrected chi connectivity index (χ4v) is 0.509. The van der Waals surface area contributed by atoms with Gasteiger partial charge in [-0.2, -0.15) is 0 Å². The molecular formula is C5H6O4Se. The molecule has 1 unspecified atom stereocenters. The van der Waals surface area contributed by atoms with Gasteiger partial charge in [0, 0.05) is 0 Å². The first-order chi connectivity index (χ1) is 4.46. The van der Waals surface area contributed by atoms with Crippen molar-refractivity contribution in [3.63, 3.8) is 0 Å². The first kappa shape index (κ1) is 9.33. The fraction of sp³-hybridized carbons (Fsp3) is 0.400. The third-order valence-electron chi connectivity index (χ3n) is 0.974. The van der Waals surface area contributed by atoms with E-state index in [0.717, 1.165) is 0 Å². The van der Waals surface area contributed by atoms with Gasteiger partial charge in [0.05, 0.1) is 0 Å². The maximum atomic E-state index is 10.1. The Morgan fingerprint density at radius 3 is 1.90 bits per heavy atom. The predicted molar refractivity (Wildman–Crippen MR) is 35.2 cm³/mol. The Kier molecular flexibility index (Phi) is 3.25. The molecule has 0 aromatic heterocycles. The molecule has 0 aliphatic rings. The van der Waals surface area contributed by atoms with Gasteiger partial charge in [-0.1, -0.05) is 0 Å². The average Bonchev–Trinajstić information content (AvgIpc) is 1.84. The molecule has 1 atom stereocenters. The van der Waals surface area contributed by atoms with Crippen LogP contribution in [0.4, 0.5) is 0 Å². The van der Waals surface area contributed by atoms with Crippen molar-refractivity contribution in [3.05, 3.63) is 0 Å². The molecule has 2 N–H and O–H groups in total. The SMILES string of the molecule is CC(C(=O)O)C(=[Se])C(=O)O. The Morgan fingerprint density at radius 1 is 1.40 bits per heavy atom. The van der Waals surface area contributed by atoms with Crippen molar-refractivity contribution >= 4 is 31.9 Å². The summed E-state index contributed by atoms with van der Waals surface area (Å²) in [7, 11) is 0. The van der Waals surface area contributed by atoms with Gasteiger partial charge in [-0.3, -0.25) is 0 Å². The number of aliphatic carboxylic acids is 2.